The molecule has 0 N–H and O–H groups in total. The zero-order valence-corrected chi connectivity index (χ0v) is 16.0. The first-order valence-corrected chi connectivity index (χ1v) is 9.41. The summed E-state index contributed by atoms with van der Waals surface area (Å²) in [6, 6.07) is 34.8. The normalized spacial score (nSPS) is 10.7. The third-order valence-corrected chi connectivity index (χ3v) is 5.06. The van der Waals surface area contributed by atoms with Crippen molar-refractivity contribution in [2.45, 2.75) is 6.92 Å². The molecule has 0 nitrogen and oxygen atoms in total. The topological polar surface area (TPSA) is 0 Å². The van der Waals surface area contributed by atoms with E-state index in [-0.39, 0.29) is 0 Å². The molecule has 0 heterocycles. The molecular weight excluding hydrogens is 327 g/mol. The van der Waals surface area contributed by atoms with Crippen molar-refractivity contribution in [2.75, 3.05) is 0 Å². The highest BCUT2D eigenvalue weighted by Crippen LogP contribution is 2.34. The minimum atomic E-state index is 1.20. The highest BCUT2D eigenvalue weighted by Gasteiger charge is 2.08. The van der Waals surface area contributed by atoms with Crippen molar-refractivity contribution >= 4 is 20.7 Å². The fourth-order valence-corrected chi connectivity index (χ4v) is 3.53. The first-order valence-electron chi connectivity index (χ1n) is 8.83. The van der Waals surface area contributed by atoms with Crippen molar-refractivity contribution in [3.05, 3.63) is 103 Å². The van der Waals surface area contributed by atoms with Crippen molar-refractivity contribution < 1.29 is 0 Å². The molecule has 122 valence electrons. The standard InChI is InChI=1S/C25H19.Al/c1-19-9-7-13-22(17-19)24-15-5-6-16-25(24)23-14-8-12-21(18-23)20-10-3-2-4-11-20;/h3-18H,1H3;. The molecule has 0 bridgehead atoms. The van der Waals surface area contributed by atoms with Gasteiger partial charge >= 0.3 is 0 Å². The summed E-state index contributed by atoms with van der Waals surface area (Å²) in [6.07, 6.45) is 0. The molecular formula is C25H19Al. The molecule has 0 aliphatic carbocycles. The van der Waals surface area contributed by atoms with Gasteiger partial charge in [0.25, 0.3) is 0 Å². The maximum absolute atomic E-state index is 2.74. The molecule has 0 amide bonds. The molecule has 0 aliphatic heterocycles. The molecule has 0 saturated carbocycles. The van der Waals surface area contributed by atoms with Gasteiger partial charge in [0, 0.05) is 0 Å². The van der Waals surface area contributed by atoms with Gasteiger partial charge in [0.05, 0.1) is 0 Å². The van der Waals surface area contributed by atoms with Crippen LogP contribution >= 0.6 is 0 Å². The second kappa shape index (κ2) is 7.34. The number of rotatable bonds is 3. The molecule has 0 spiro atoms. The van der Waals surface area contributed by atoms with Crippen LogP contribution in [0, 0.1) is 6.92 Å². The van der Waals surface area contributed by atoms with E-state index in [9.17, 15) is 0 Å². The minimum Gasteiger partial charge on any atom is -0.139 e. The first-order chi connectivity index (χ1) is 12.7. The van der Waals surface area contributed by atoms with E-state index >= 15 is 0 Å². The Kier molecular flexibility index (Phi) is 4.76. The minimum absolute atomic E-state index is 1.20. The monoisotopic (exact) mass is 346 g/mol. The lowest BCUT2D eigenvalue weighted by molar-refractivity contribution is 1.46. The zero-order valence-electron chi connectivity index (χ0n) is 14.8. The summed E-state index contributed by atoms with van der Waals surface area (Å²) in [6.45, 7) is 2.14. The van der Waals surface area contributed by atoms with Crippen molar-refractivity contribution in [1.29, 1.82) is 0 Å². The Hall–Kier alpha value is -2.59. The van der Waals surface area contributed by atoms with E-state index in [0.717, 1.165) is 0 Å². The van der Waals surface area contributed by atoms with Crippen LogP contribution in [0.4, 0.5) is 0 Å². The van der Waals surface area contributed by atoms with Crippen molar-refractivity contribution in [3.8, 4) is 33.4 Å². The molecule has 0 atom stereocenters. The Morgan fingerprint density at radius 2 is 1.08 bits per heavy atom. The van der Waals surface area contributed by atoms with Crippen LogP contribution in [0.5, 0.6) is 0 Å². The lowest BCUT2D eigenvalue weighted by Crippen LogP contribution is -1.99. The summed E-state index contributed by atoms with van der Waals surface area (Å²) >= 11 is 2.74. The van der Waals surface area contributed by atoms with Gasteiger partial charge in [-0.2, -0.15) is 0 Å². The van der Waals surface area contributed by atoms with Gasteiger partial charge < -0.3 is 0 Å². The molecule has 1 heteroatoms. The SMILES string of the molecule is Cc1cccc(-c2ccccc2-c2cccc(-c3cc[c]([Al])cc3)c2)c1. The predicted octanol–water partition coefficient (Wildman–Crippen LogP) is 5.79. The van der Waals surface area contributed by atoms with Crippen LogP contribution < -0.4 is 4.43 Å². The summed E-state index contributed by atoms with van der Waals surface area (Å²) in [5.74, 6) is 0. The van der Waals surface area contributed by atoms with Crippen molar-refractivity contribution in [2.24, 2.45) is 0 Å². The van der Waals surface area contributed by atoms with Gasteiger partial charge in [-0.3, -0.25) is 0 Å². The summed E-state index contributed by atoms with van der Waals surface area (Å²) in [4.78, 5) is 0. The number of aryl methyl sites for hydroxylation is 1. The average Bonchev–Trinajstić information content (AvgIpc) is 2.69. The summed E-state index contributed by atoms with van der Waals surface area (Å²) < 4.78 is 1.20. The Bertz CT molecular complexity index is 1050. The fraction of sp³-hybridized carbons (Fsp3) is 0.0400. The van der Waals surface area contributed by atoms with Crippen molar-refractivity contribution in [1.82, 2.24) is 0 Å². The second-order valence-electron chi connectivity index (χ2n) is 6.62. The highest BCUT2D eigenvalue weighted by atomic mass is 27.0. The number of benzene rings is 4. The number of hydrogen-bond donors (Lipinski definition) is 0. The van der Waals surface area contributed by atoms with E-state index in [1.54, 1.807) is 0 Å². The molecule has 4 aromatic rings. The first kappa shape index (κ1) is 16.9. The average molecular weight is 346 g/mol. The summed E-state index contributed by atoms with van der Waals surface area (Å²) in [5.41, 5.74) is 8.81. The van der Waals surface area contributed by atoms with Crippen LogP contribution in [0.15, 0.2) is 97.1 Å². The number of hydrogen-bond acceptors (Lipinski definition) is 0. The Morgan fingerprint density at radius 1 is 0.500 bits per heavy atom. The van der Waals surface area contributed by atoms with E-state index in [4.69, 9.17) is 0 Å². The van der Waals surface area contributed by atoms with E-state index in [0.29, 0.717) is 0 Å². The molecule has 0 saturated heterocycles. The van der Waals surface area contributed by atoms with Crippen LogP contribution in [0.1, 0.15) is 5.56 Å². The van der Waals surface area contributed by atoms with E-state index < -0.39 is 0 Å². The quantitative estimate of drug-likeness (QED) is 0.412. The largest absolute Gasteiger partial charge is 0.175 e. The maximum atomic E-state index is 2.74. The third kappa shape index (κ3) is 3.51. The lowest BCUT2D eigenvalue weighted by atomic mass is 9.92. The van der Waals surface area contributed by atoms with Crippen LogP contribution in [0.2, 0.25) is 0 Å². The van der Waals surface area contributed by atoms with Gasteiger partial charge in [0.1, 0.15) is 0 Å². The van der Waals surface area contributed by atoms with Gasteiger partial charge in [-0.15, -0.1) is 4.43 Å². The van der Waals surface area contributed by atoms with Crippen LogP contribution in [-0.4, -0.2) is 16.3 Å². The Morgan fingerprint density at radius 3 is 1.73 bits per heavy atom. The molecule has 4 aromatic carbocycles. The lowest BCUT2D eigenvalue weighted by Gasteiger charge is -2.12. The maximum Gasteiger partial charge on any atom is 0.175 e. The van der Waals surface area contributed by atoms with E-state index in [1.807, 2.05) is 0 Å². The highest BCUT2D eigenvalue weighted by molar-refractivity contribution is 6.32. The molecule has 0 fully saturated rings. The molecule has 26 heavy (non-hydrogen) atoms. The fourth-order valence-electron chi connectivity index (χ4n) is 3.34. The van der Waals surface area contributed by atoms with Crippen LogP contribution in [0.25, 0.3) is 33.4 Å². The van der Waals surface area contributed by atoms with Crippen LogP contribution in [-0.2, 0) is 0 Å². The summed E-state index contributed by atoms with van der Waals surface area (Å²) in [5, 5.41) is 0. The predicted molar refractivity (Wildman–Crippen MR) is 113 cm³/mol. The Labute approximate surface area is 163 Å². The molecule has 0 aliphatic rings. The molecule has 4 rings (SSSR count). The van der Waals surface area contributed by atoms with Gasteiger partial charge in [-0.25, -0.2) is 0 Å². The zero-order chi connectivity index (χ0) is 17.9. The smallest absolute Gasteiger partial charge is 0.139 e. The van der Waals surface area contributed by atoms with Gasteiger partial charge in [0.15, 0.2) is 16.3 Å². The van der Waals surface area contributed by atoms with Gasteiger partial charge in [0.2, 0.25) is 0 Å². The van der Waals surface area contributed by atoms with Crippen LogP contribution in [0.3, 0.4) is 0 Å². The van der Waals surface area contributed by atoms with E-state index in [2.05, 4.69) is 120 Å². The molecule has 0 unspecified atom stereocenters. The van der Waals surface area contributed by atoms with Gasteiger partial charge in [-0.05, 0) is 46.4 Å². The molecule has 2 radical (unpaired) electrons. The second-order valence-corrected chi connectivity index (χ2v) is 7.28. The van der Waals surface area contributed by atoms with Gasteiger partial charge in [-0.1, -0.05) is 96.6 Å². The molecule has 0 aromatic heterocycles. The summed E-state index contributed by atoms with van der Waals surface area (Å²) in [7, 11) is 0. The third-order valence-electron chi connectivity index (χ3n) is 4.67. The Balaban J connectivity index is 1.82. The van der Waals surface area contributed by atoms with Crippen molar-refractivity contribution in [3.63, 3.8) is 0 Å². The van der Waals surface area contributed by atoms with E-state index in [1.165, 1.54) is 43.4 Å².